The van der Waals surface area contributed by atoms with Crippen molar-refractivity contribution in [3.05, 3.63) is 48.0 Å². The van der Waals surface area contributed by atoms with E-state index >= 15 is 0 Å². The molecule has 0 amide bonds. The third-order valence-electron chi connectivity index (χ3n) is 3.41. The van der Waals surface area contributed by atoms with E-state index in [1.807, 2.05) is 6.92 Å². The first-order valence-corrected chi connectivity index (χ1v) is 5.38. The Labute approximate surface area is 89.4 Å². The van der Waals surface area contributed by atoms with Crippen molar-refractivity contribution in [3.63, 3.8) is 0 Å². The number of benzene rings is 2. The van der Waals surface area contributed by atoms with Crippen LogP contribution in [0.25, 0.3) is 10.8 Å². The van der Waals surface area contributed by atoms with Crippen LogP contribution in [0.1, 0.15) is 24.8 Å². The SMILES string of the molecule is CC1(O)CC1c1cccc2ccccc12. The van der Waals surface area contributed by atoms with Crippen LogP contribution < -0.4 is 0 Å². The summed E-state index contributed by atoms with van der Waals surface area (Å²) in [5.41, 5.74) is 0.808. The Morgan fingerprint density at radius 3 is 2.53 bits per heavy atom. The number of fused-ring (bicyclic) bond motifs is 1. The summed E-state index contributed by atoms with van der Waals surface area (Å²) in [7, 11) is 0. The van der Waals surface area contributed by atoms with Crippen LogP contribution in [0.5, 0.6) is 0 Å². The van der Waals surface area contributed by atoms with Gasteiger partial charge in [0.05, 0.1) is 5.60 Å². The molecule has 2 unspecified atom stereocenters. The summed E-state index contributed by atoms with van der Waals surface area (Å²) in [6, 6.07) is 14.7. The Morgan fingerprint density at radius 1 is 1.13 bits per heavy atom. The highest BCUT2D eigenvalue weighted by Crippen LogP contribution is 2.52. The summed E-state index contributed by atoms with van der Waals surface area (Å²) in [5, 5.41) is 12.4. The lowest BCUT2D eigenvalue weighted by Crippen LogP contribution is -2.02. The average molecular weight is 198 g/mol. The molecule has 76 valence electrons. The van der Waals surface area contributed by atoms with Crippen molar-refractivity contribution in [1.82, 2.24) is 0 Å². The largest absolute Gasteiger partial charge is 0.390 e. The summed E-state index contributed by atoms with van der Waals surface area (Å²) in [6.07, 6.45) is 0.890. The minimum absolute atomic E-state index is 0.323. The topological polar surface area (TPSA) is 20.2 Å². The van der Waals surface area contributed by atoms with Crippen LogP contribution in [0.3, 0.4) is 0 Å². The van der Waals surface area contributed by atoms with E-state index < -0.39 is 5.60 Å². The molecule has 0 aliphatic heterocycles. The van der Waals surface area contributed by atoms with Gasteiger partial charge in [-0.1, -0.05) is 42.5 Å². The van der Waals surface area contributed by atoms with E-state index in [2.05, 4.69) is 42.5 Å². The first-order chi connectivity index (χ1) is 7.18. The van der Waals surface area contributed by atoms with Crippen LogP contribution in [0.4, 0.5) is 0 Å². The van der Waals surface area contributed by atoms with E-state index in [4.69, 9.17) is 0 Å². The summed E-state index contributed by atoms with van der Waals surface area (Å²) < 4.78 is 0. The van der Waals surface area contributed by atoms with E-state index in [9.17, 15) is 5.11 Å². The minimum Gasteiger partial charge on any atom is -0.390 e. The highest BCUT2D eigenvalue weighted by Gasteiger charge is 2.49. The van der Waals surface area contributed by atoms with Crippen molar-refractivity contribution in [2.45, 2.75) is 24.9 Å². The van der Waals surface area contributed by atoms with Gasteiger partial charge in [0.1, 0.15) is 0 Å². The van der Waals surface area contributed by atoms with Gasteiger partial charge in [0.25, 0.3) is 0 Å². The first kappa shape index (κ1) is 8.93. The van der Waals surface area contributed by atoms with Crippen LogP contribution >= 0.6 is 0 Å². The predicted molar refractivity (Wildman–Crippen MR) is 61.9 cm³/mol. The monoisotopic (exact) mass is 198 g/mol. The standard InChI is InChI=1S/C14H14O/c1-14(15)9-13(14)12-8-4-6-10-5-2-3-7-11(10)12/h2-8,13,15H,9H2,1H3. The maximum atomic E-state index is 9.90. The maximum absolute atomic E-state index is 9.90. The normalized spacial score (nSPS) is 29.3. The third kappa shape index (κ3) is 1.35. The van der Waals surface area contributed by atoms with Crippen LogP contribution in [0.2, 0.25) is 0 Å². The fourth-order valence-electron chi connectivity index (χ4n) is 2.35. The van der Waals surface area contributed by atoms with E-state index in [0.717, 1.165) is 6.42 Å². The second-order valence-electron chi connectivity index (χ2n) is 4.68. The highest BCUT2D eigenvalue weighted by atomic mass is 16.3. The zero-order valence-corrected chi connectivity index (χ0v) is 8.77. The molecule has 1 nitrogen and oxygen atoms in total. The van der Waals surface area contributed by atoms with E-state index in [-0.39, 0.29) is 0 Å². The summed E-state index contributed by atoms with van der Waals surface area (Å²) in [6.45, 7) is 1.92. The lowest BCUT2D eigenvalue weighted by atomic mass is 10.00. The molecule has 1 N–H and O–H groups in total. The van der Waals surface area contributed by atoms with Gasteiger partial charge in [0.15, 0.2) is 0 Å². The molecular weight excluding hydrogens is 184 g/mol. The van der Waals surface area contributed by atoms with Crippen LogP contribution in [0.15, 0.2) is 42.5 Å². The molecule has 2 aromatic carbocycles. The summed E-state index contributed by atoms with van der Waals surface area (Å²) in [4.78, 5) is 0. The molecule has 0 spiro atoms. The Morgan fingerprint density at radius 2 is 1.80 bits per heavy atom. The second kappa shape index (κ2) is 2.83. The van der Waals surface area contributed by atoms with E-state index in [1.165, 1.54) is 16.3 Å². The number of hydrogen-bond donors (Lipinski definition) is 1. The molecule has 1 aliphatic carbocycles. The molecule has 0 bridgehead atoms. The van der Waals surface area contributed by atoms with Crippen LogP contribution in [-0.2, 0) is 0 Å². The molecule has 1 aliphatic rings. The van der Waals surface area contributed by atoms with Gasteiger partial charge >= 0.3 is 0 Å². The van der Waals surface area contributed by atoms with Gasteiger partial charge in [-0.25, -0.2) is 0 Å². The molecule has 3 rings (SSSR count). The fraction of sp³-hybridized carbons (Fsp3) is 0.286. The molecule has 0 saturated heterocycles. The Kier molecular flexibility index (Phi) is 1.68. The van der Waals surface area contributed by atoms with Crippen molar-refractivity contribution < 1.29 is 5.11 Å². The smallest absolute Gasteiger partial charge is 0.0696 e. The van der Waals surface area contributed by atoms with Gasteiger partial charge in [0.2, 0.25) is 0 Å². The number of hydrogen-bond acceptors (Lipinski definition) is 1. The van der Waals surface area contributed by atoms with Crippen molar-refractivity contribution in [3.8, 4) is 0 Å². The Balaban J connectivity index is 2.19. The number of rotatable bonds is 1. The lowest BCUT2D eigenvalue weighted by Gasteiger charge is -2.07. The van der Waals surface area contributed by atoms with Gasteiger partial charge in [0, 0.05) is 5.92 Å². The molecule has 2 aromatic rings. The van der Waals surface area contributed by atoms with Crippen molar-refractivity contribution >= 4 is 10.8 Å². The fourth-order valence-corrected chi connectivity index (χ4v) is 2.35. The van der Waals surface area contributed by atoms with Crippen molar-refractivity contribution in [2.75, 3.05) is 0 Å². The lowest BCUT2D eigenvalue weighted by molar-refractivity contribution is 0.164. The van der Waals surface area contributed by atoms with Gasteiger partial charge in [-0.3, -0.25) is 0 Å². The minimum atomic E-state index is -0.482. The molecule has 1 heteroatoms. The van der Waals surface area contributed by atoms with Crippen molar-refractivity contribution in [2.24, 2.45) is 0 Å². The molecule has 2 atom stereocenters. The highest BCUT2D eigenvalue weighted by molar-refractivity contribution is 5.86. The predicted octanol–water partition coefficient (Wildman–Crippen LogP) is 3.08. The van der Waals surface area contributed by atoms with Gasteiger partial charge in [-0.2, -0.15) is 0 Å². The average Bonchev–Trinajstić information content (AvgIpc) is 2.87. The van der Waals surface area contributed by atoms with E-state index in [1.54, 1.807) is 0 Å². The molecule has 0 aromatic heterocycles. The van der Waals surface area contributed by atoms with Gasteiger partial charge in [-0.15, -0.1) is 0 Å². The maximum Gasteiger partial charge on any atom is 0.0696 e. The zero-order valence-electron chi connectivity index (χ0n) is 8.77. The second-order valence-corrected chi connectivity index (χ2v) is 4.68. The quantitative estimate of drug-likeness (QED) is 0.746. The summed E-state index contributed by atoms with van der Waals surface area (Å²) >= 11 is 0. The molecule has 1 fully saturated rings. The number of aliphatic hydroxyl groups is 1. The van der Waals surface area contributed by atoms with Gasteiger partial charge < -0.3 is 5.11 Å². The zero-order chi connectivity index (χ0) is 10.5. The molecule has 0 heterocycles. The van der Waals surface area contributed by atoms with Crippen LogP contribution in [-0.4, -0.2) is 10.7 Å². The van der Waals surface area contributed by atoms with Crippen molar-refractivity contribution in [1.29, 1.82) is 0 Å². The van der Waals surface area contributed by atoms with E-state index in [0.29, 0.717) is 5.92 Å². The molecular formula is C14H14O. The Hall–Kier alpha value is -1.34. The molecule has 0 radical (unpaired) electrons. The van der Waals surface area contributed by atoms with Gasteiger partial charge in [-0.05, 0) is 29.7 Å². The van der Waals surface area contributed by atoms with Crippen LogP contribution in [0, 0.1) is 0 Å². The summed E-state index contributed by atoms with van der Waals surface area (Å²) in [5.74, 6) is 0.323. The molecule has 1 saturated carbocycles. The first-order valence-electron chi connectivity index (χ1n) is 5.38. The Bertz CT molecular complexity index is 508. The molecule has 15 heavy (non-hydrogen) atoms. The third-order valence-corrected chi connectivity index (χ3v) is 3.41.